The number of nitrogens with zero attached hydrogens (tertiary/aromatic N) is 6. The third kappa shape index (κ3) is 7.08. The Kier molecular flexibility index (Phi) is 10.2. The molecule has 0 aliphatic heterocycles. The molecule has 6 heterocycles. The van der Waals surface area contributed by atoms with E-state index in [2.05, 4.69) is 283 Å². The molecule has 0 saturated carbocycles. The summed E-state index contributed by atoms with van der Waals surface area (Å²) >= 11 is 0. The molecule has 0 atom stereocenters. The number of hydrogen-bond acceptors (Lipinski definition) is 2. The predicted molar refractivity (Wildman–Crippen MR) is 341 cm³/mol. The van der Waals surface area contributed by atoms with Gasteiger partial charge < -0.3 is 18.3 Å². The van der Waals surface area contributed by atoms with Crippen LogP contribution in [0.15, 0.2) is 292 Å². The molecule has 6 heteroatoms. The van der Waals surface area contributed by atoms with Crippen LogP contribution in [-0.2, 0) is 0 Å². The first-order valence-corrected chi connectivity index (χ1v) is 27.9. The molecule has 6 nitrogen and oxygen atoms in total. The lowest BCUT2D eigenvalue weighted by atomic mass is 9.92. The topological polar surface area (TPSA) is 45.5 Å². The van der Waals surface area contributed by atoms with E-state index < -0.39 is 0 Å². The van der Waals surface area contributed by atoms with Gasteiger partial charge in [-0.1, -0.05) is 133 Å². The Balaban J connectivity index is 0.814. The van der Waals surface area contributed by atoms with Crippen LogP contribution in [0.5, 0.6) is 0 Å². The Labute approximate surface area is 471 Å². The molecular weight excluding hydrogens is 997 g/mol. The number of hydrogen-bond donors (Lipinski definition) is 0. The maximum absolute atomic E-state index is 4.48. The molecule has 0 N–H and O–H groups in total. The lowest BCUT2D eigenvalue weighted by molar-refractivity contribution is 1.14. The normalized spacial score (nSPS) is 11.9. The van der Waals surface area contributed by atoms with E-state index in [4.69, 9.17) is 0 Å². The van der Waals surface area contributed by atoms with E-state index in [1.165, 1.54) is 110 Å². The van der Waals surface area contributed by atoms with Gasteiger partial charge >= 0.3 is 0 Å². The van der Waals surface area contributed by atoms with Gasteiger partial charge in [-0.2, -0.15) is 0 Å². The Morgan fingerprint density at radius 2 is 0.463 bits per heavy atom. The van der Waals surface area contributed by atoms with E-state index >= 15 is 0 Å². The van der Waals surface area contributed by atoms with E-state index in [0.717, 1.165) is 44.8 Å². The second kappa shape index (κ2) is 18.2. The highest BCUT2D eigenvalue weighted by molar-refractivity contribution is 6.16. The first kappa shape index (κ1) is 45.9. The molecule has 0 fully saturated rings. The van der Waals surface area contributed by atoms with Gasteiger partial charge in [-0.15, -0.1) is 0 Å². The lowest BCUT2D eigenvalue weighted by Crippen LogP contribution is -1.94. The maximum atomic E-state index is 4.48. The maximum Gasteiger partial charge on any atom is 0.0645 e. The van der Waals surface area contributed by atoms with Crippen molar-refractivity contribution < 1.29 is 0 Å². The van der Waals surface area contributed by atoms with E-state index in [0.29, 0.717) is 0 Å². The van der Waals surface area contributed by atoms with Crippen molar-refractivity contribution in [2.45, 2.75) is 0 Å². The van der Waals surface area contributed by atoms with Gasteiger partial charge in [0, 0.05) is 66.9 Å². The second-order valence-electron chi connectivity index (χ2n) is 21.4. The van der Waals surface area contributed by atoms with Crippen LogP contribution in [0.4, 0.5) is 0 Å². The summed E-state index contributed by atoms with van der Waals surface area (Å²) in [5, 5.41) is 9.69. The summed E-state index contributed by atoms with van der Waals surface area (Å²) in [6.45, 7) is 0. The highest BCUT2D eigenvalue weighted by Gasteiger charge is 2.21. The first-order chi connectivity index (χ1) is 40.7. The summed E-state index contributed by atoms with van der Waals surface area (Å²) in [7, 11) is 0. The number of para-hydroxylation sites is 4. The monoisotopic (exact) mass is 1040 g/mol. The molecule has 17 rings (SSSR count). The minimum atomic E-state index is 1.05. The fourth-order valence-corrected chi connectivity index (χ4v) is 13.3. The molecule has 6 aromatic heterocycles. The van der Waals surface area contributed by atoms with Crippen molar-refractivity contribution in [1.82, 2.24) is 28.2 Å². The number of benzene rings is 11. The van der Waals surface area contributed by atoms with E-state index in [9.17, 15) is 0 Å². The highest BCUT2D eigenvalue weighted by atomic mass is 15.0. The average molecular weight is 1050 g/mol. The summed E-state index contributed by atoms with van der Waals surface area (Å²) in [5.41, 5.74) is 23.1. The summed E-state index contributed by atoms with van der Waals surface area (Å²) in [5.74, 6) is 0. The molecule has 0 bridgehead atoms. The van der Waals surface area contributed by atoms with Crippen LogP contribution < -0.4 is 0 Å². The number of fused-ring (bicyclic) bond motifs is 12. The molecule has 0 spiro atoms. The standard InChI is InChI=1S/C76H48N6/c1-3-15-55(16-4-1)79-73-35-29-51(49-27-33-71-63(41-49)61-23-9-11-25-69(61)81(71)57-19-13-39-77-47-57)43-65(73)67-45-53(31-37-75(67)79)59-21-7-8-22-60(59)54-32-38-76-68(46-54)66-44-52(30-36-74(66)80(76)56-17-5-2-6-18-56)50-28-34-72-64(42-50)62-24-10-12-26-70(62)82(72)58-20-14-40-78-48-58/h1-48H. The van der Waals surface area contributed by atoms with Crippen LogP contribution in [0.1, 0.15) is 0 Å². The van der Waals surface area contributed by atoms with Crippen LogP contribution in [0.25, 0.3) is 154 Å². The SMILES string of the molecule is c1ccc(-n2c3ccc(-c4ccc5c(c4)c4ccccc4n5-c4cccnc4)cc3c3cc(-c4ccccc4-c4ccc5c(c4)c4cc(-c6ccc7c(c6)c6ccccc6n7-c6cccnc6)ccc4n5-c4ccccc4)ccc32)cc1. The summed E-state index contributed by atoms with van der Waals surface area (Å²) < 4.78 is 9.47. The van der Waals surface area contributed by atoms with Crippen molar-refractivity contribution in [2.24, 2.45) is 0 Å². The predicted octanol–water partition coefficient (Wildman–Crippen LogP) is 19.5. The molecule has 11 aromatic carbocycles. The Morgan fingerprint density at radius 1 is 0.195 bits per heavy atom. The van der Waals surface area contributed by atoms with E-state index in [-0.39, 0.29) is 0 Å². The third-order valence-electron chi connectivity index (χ3n) is 16.9. The quantitative estimate of drug-likeness (QED) is 0.152. The Bertz CT molecular complexity index is 5040. The van der Waals surface area contributed by atoms with Crippen LogP contribution in [0, 0.1) is 0 Å². The molecule has 0 aliphatic carbocycles. The zero-order valence-electron chi connectivity index (χ0n) is 44.4. The summed E-state index contributed by atoms with van der Waals surface area (Å²) in [6, 6.07) is 97.9. The number of rotatable bonds is 8. The van der Waals surface area contributed by atoms with Gasteiger partial charge in [0.2, 0.25) is 0 Å². The summed E-state index contributed by atoms with van der Waals surface area (Å²) in [4.78, 5) is 8.96. The summed E-state index contributed by atoms with van der Waals surface area (Å²) in [6.07, 6.45) is 7.54. The lowest BCUT2D eigenvalue weighted by Gasteiger charge is -2.12. The second-order valence-corrected chi connectivity index (χ2v) is 21.4. The molecular formula is C76H48N6. The van der Waals surface area contributed by atoms with Crippen molar-refractivity contribution in [3.05, 3.63) is 292 Å². The Hall–Kier alpha value is -11.1. The van der Waals surface area contributed by atoms with Crippen molar-refractivity contribution in [2.75, 3.05) is 0 Å². The molecule has 0 unspecified atom stereocenters. The van der Waals surface area contributed by atoms with Gasteiger partial charge in [-0.3, -0.25) is 9.97 Å². The molecule has 0 radical (unpaired) electrons. The minimum absolute atomic E-state index is 1.05. The van der Waals surface area contributed by atoms with Crippen LogP contribution >= 0.6 is 0 Å². The molecule has 17 aromatic rings. The van der Waals surface area contributed by atoms with Gasteiger partial charge in [-0.05, 0) is 178 Å². The first-order valence-electron chi connectivity index (χ1n) is 27.9. The van der Waals surface area contributed by atoms with Crippen LogP contribution in [-0.4, -0.2) is 28.2 Å². The fraction of sp³-hybridized carbons (Fsp3) is 0. The largest absolute Gasteiger partial charge is 0.309 e. The van der Waals surface area contributed by atoms with E-state index in [1.54, 1.807) is 0 Å². The van der Waals surface area contributed by atoms with Gasteiger partial charge in [0.25, 0.3) is 0 Å². The van der Waals surface area contributed by atoms with Crippen molar-refractivity contribution in [3.63, 3.8) is 0 Å². The molecule has 0 amide bonds. The smallest absolute Gasteiger partial charge is 0.0645 e. The average Bonchev–Trinajstić information content (AvgIpc) is 4.36. The third-order valence-corrected chi connectivity index (χ3v) is 16.9. The molecule has 382 valence electrons. The Morgan fingerprint density at radius 3 is 0.817 bits per heavy atom. The zero-order chi connectivity index (χ0) is 53.8. The van der Waals surface area contributed by atoms with Gasteiger partial charge in [-0.25, -0.2) is 0 Å². The van der Waals surface area contributed by atoms with Crippen molar-refractivity contribution >= 4 is 87.2 Å². The van der Waals surface area contributed by atoms with Crippen LogP contribution in [0.3, 0.4) is 0 Å². The number of pyridine rings is 2. The fourth-order valence-electron chi connectivity index (χ4n) is 13.3. The van der Waals surface area contributed by atoms with Crippen molar-refractivity contribution in [1.29, 1.82) is 0 Å². The van der Waals surface area contributed by atoms with Gasteiger partial charge in [0.1, 0.15) is 0 Å². The molecule has 0 aliphatic rings. The number of aromatic nitrogens is 6. The van der Waals surface area contributed by atoms with Gasteiger partial charge in [0.05, 0.1) is 67.9 Å². The minimum Gasteiger partial charge on any atom is -0.309 e. The molecule has 82 heavy (non-hydrogen) atoms. The van der Waals surface area contributed by atoms with E-state index in [1.807, 2.05) is 36.9 Å². The molecule has 0 saturated heterocycles. The van der Waals surface area contributed by atoms with Gasteiger partial charge in [0.15, 0.2) is 0 Å². The van der Waals surface area contributed by atoms with Crippen LogP contribution in [0.2, 0.25) is 0 Å². The van der Waals surface area contributed by atoms with Crippen molar-refractivity contribution in [3.8, 4) is 67.3 Å². The zero-order valence-corrected chi connectivity index (χ0v) is 44.4. The highest BCUT2D eigenvalue weighted by Crippen LogP contribution is 2.44.